The van der Waals surface area contributed by atoms with Crippen molar-refractivity contribution >= 4 is 11.7 Å². The topological polar surface area (TPSA) is 219 Å². The minimum Gasteiger partial charge on any atom is -0.394 e. The second-order valence-corrected chi connectivity index (χ2v) is 7.35. The molecule has 1 aromatic rings. The van der Waals surface area contributed by atoms with Gasteiger partial charge in [0.25, 0.3) is 0 Å². The molecular formula is C17H26N4O10. The van der Waals surface area contributed by atoms with Gasteiger partial charge in [-0.3, -0.25) is 9.36 Å². The molecule has 0 saturated carbocycles. The number of amides is 1. The van der Waals surface area contributed by atoms with Crippen molar-refractivity contribution in [2.75, 3.05) is 18.9 Å². The van der Waals surface area contributed by atoms with Gasteiger partial charge in [-0.2, -0.15) is 4.98 Å². The van der Waals surface area contributed by atoms with Crippen molar-refractivity contribution in [3.8, 4) is 0 Å². The number of aliphatic hydroxyl groups is 5. The summed E-state index contributed by atoms with van der Waals surface area (Å²) in [4.78, 5) is 27.0. The molecule has 14 nitrogen and oxygen atoms in total. The van der Waals surface area contributed by atoms with E-state index < -0.39 is 73.4 Å². The maximum absolute atomic E-state index is 12.0. The molecule has 3 rings (SSSR count). The smallest absolute Gasteiger partial charge is 0.351 e. The van der Waals surface area contributed by atoms with Crippen LogP contribution in [0.15, 0.2) is 17.1 Å². The summed E-state index contributed by atoms with van der Waals surface area (Å²) >= 11 is 0. The Balaban J connectivity index is 1.71. The SMILES string of the molecule is CC(=O)N[C@H]1[C@H](OC[C@H]2O[C@@H](n3ccc(N)nc3=O)[C@@H](O)[C@@H]2O)O[C@H](CO)[C@@H](O)[C@@H]1O. The van der Waals surface area contributed by atoms with Crippen LogP contribution in [0.25, 0.3) is 0 Å². The number of nitrogen functional groups attached to an aromatic ring is 1. The predicted molar refractivity (Wildman–Crippen MR) is 100 cm³/mol. The number of nitrogens with one attached hydrogen (secondary N) is 1. The molecule has 0 bridgehead atoms. The molecule has 0 spiro atoms. The third kappa shape index (κ3) is 4.86. The van der Waals surface area contributed by atoms with Crippen molar-refractivity contribution in [3.05, 3.63) is 22.7 Å². The monoisotopic (exact) mass is 446 g/mol. The van der Waals surface area contributed by atoms with E-state index in [0.717, 1.165) is 4.57 Å². The van der Waals surface area contributed by atoms with E-state index in [0.29, 0.717) is 0 Å². The van der Waals surface area contributed by atoms with Crippen LogP contribution in [-0.2, 0) is 19.0 Å². The fourth-order valence-corrected chi connectivity index (χ4v) is 3.52. The average molecular weight is 446 g/mol. The first-order valence-corrected chi connectivity index (χ1v) is 9.51. The molecule has 14 heteroatoms. The number of aliphatic hydroxyl groups excluding tert-OH is 5. The van der Waals surface area contributed by atoms with Gasteiger partial charge in [-0.25, -0.2) is 4.79 Å². The number of carbonyl (C=O) groups is 1. The van der Waals surface area contributed by atoms with E-state index in [1.165, 1.54) is 19.2 Å². The number of rotatable bonds is 6. The van der Waals surface area contributed by atoms with Crippen LogP contribution in [-0.4, -0.2) is 103 Å². The standard InChI is InChI=1S/C17H26N4O10/c1-6(23)19-10-13(26)11(24)7(4-22)31-16(10)29-5-8-12(25)14(27)15(30-8)21-3-2-9(18)20-17(21)28/h2-3,7-8,10-16,22,24-27H,4-5H2,1H3,(H,19,23)(H2,18,20,28)/t7-,8-,10-,11-,12-,13-,14+,15-,16-/m1/s1. The summed E-state index contributed by atoms with van der Waals surface area (Å²) in [6, 6.07) is 0.141. The van der Waals surface area contributed by atoms with E-state index in [-0.39, 0.29) is 12.4 Å². The second kappa shape index (κ2) is 9.54. The van der Waals surface area contributed by atoms with Crippen molar-refractivity contribution < 1.29 is 44.5 Å². The number of nitrogens with two attached hydrogens (primary N) is 1. The highest BCUT2D eigenvalue weighted by atomic mass is 16.7. The van der Waals surface area contributed by atoms with Crippen LogP contribution in [0.4, 0.5) is 5.82 Å². The van der Waals surface area contributed by atoms with Crippen molar-refractivity contribution in [1.82, 2.24) is 14.9 Å². The van der Waals surface area contributed by atoms with Crippen LogP contribution in [0.3, 0.4) is 0 Å². The van der Waals surface area contributed by atoms with Gasteiger partial charge in [-0.1, -0.05) is 0 Å². The quantitative estimate of drug-likeness (QED) is 0.219. The van der Waals surface area contributed by atoms with Crippen molar-refractivity contribution in [2.24, 2.45) is 0 Å². The number of anilines is 1. The Bertz CT molecular complexity index is 837. The molecule has 0 radical (unpaired) electrons. The molecule has 174 valence electrons. The van der Waals surface area contributed by atoms with E-state index in [2.05, 4.69) is 10.3 Å². The van der Waals surface area contributed by atoms with Gasteiger partial charge in [-0.15, -0.1) is 0 Å². The van der Waals surface area contributed by atoms with Gasteiger partial charge in [0.1, 0.15) is 48.5 Å². The molecule has 0 aliphatic carbocycles. The Hall–Kier alpha value is -2.17. The summed E-state index contributed by atoms with van der Waals surface area (Å²) in [5.41, 5.74) is 4.65. The van der Waals surface area contributed by atoms with Crippen molar-refractivity contribution in [2.45, 2.75) is 62.1 Å². The van der Waals surface area contributed by atoms with E-state index in [1.807, 2.05) is 0 Å². The van der Waals surface area contributed by atoms with Gasteiger partial charge in [0.15, 0.2) is 12.5 Å². The molecule has 2 aliphatic heterocycles. The number of hydrogen-bond acceptors (Lipinski definition) is 12. The predicted octanol–water partition coefficient (Wildman–Crippen LogP) is -4.59. The molecular weight excluding hydrogens is 420 g/mol. The summed E-state index contributed by atoms with van der Waals surface area (Å²) in [5.74, 6) is -0.550. The Labute approximate surface area is 175 Å². The summed E-state index contributed by atoms with van der Waals surface area (Å²) in [6.45, 7) is 0.187. The van der Waals surface area contributed by atoms with Gasteiger partial charge in [0, 0.05) is 13.1 Å². The Morgan fingerprint density at radius 2 is 1.87 bits per heavy atom. The van der Waals surface area contributed by atoms with Gasteiger partial charge >= 0.3 is 5.69 Å². The minimum atomic E-state index is -1.51. The van der Waals surface area contributed by atoms with Gasteiger partial charge in [-0.05, 0) is 6.07 Å². The lowest BCUT2D eigenvalue weighted by Gasteiger charge is -2.42. The Morgan fingerprint density at radius 1 is 1.19 bits per heavy atom. The zero-order chi connectivity index (χ0) is 22.9. The van der Waals surface area contributed by atoms with E-state index >= 15 is 0 Å². The third-order valence-electron chi connectivity index (χ3n) is 5.14. The van der Waals surface area contributed by atoms with Crippen LogP contribution < -0.4 is 16.7 Å². The van der Waals surface area contributed by atoms with Crippen LogP contribution in [0.5, 0.6) is 0 Å². The molecule has 0 unspecified atom stereocenters. The normalized spacial score (nSPS) is 38.2. The molecule has 9 atom stereocenters. The average Bonchev–Trinajstić information content (AvgIpc) is 2.99. The van der Waals surface area contributed by atoms with Gasteiger partial charge < -0.3 is 50.8 Å². The summed E-state index contributed by atoms with van der Waals surface area (Å²) in [6.07, 6.45) is -9.56. The first-order valence-electron chi connectivity index (χ1n) is 9.51. The second-order valence-electron chi connectivity index (χ2n) is 7.35. The van der Waals surface area contributed by atoms with Crippen LogP contribution in [0.2, 0.25) is 0 Å². The highest BCUT2D eigenvalue weighted by Gasteiger charge is 2.48. The fraction of sp³-hybridized carbons (Fsp3) is 0.706. The van der Waals surface area contributed by atoms with Crippen LogP contribution in [0.1, 0.15) is 13.2 Å². The highest BCUT2D eigenvalue weighted by Crippen LogP contribution is 2.30. The summed E-state index contributed by atoms with van der Waals surface area (Å²) in [5, 5.41) is 52.6. The van der Waals surface area contributed by atoms with Crippen molar-refractivity contribution in [3.63, 3.8) is 0 Å². The summed E-state index contributed by atoms with van der Waals surface area (Å²) in [7, 11) is 0. The molecule has 1 aromatic heterocycles. The zero-order valence-electron chi connectivity index (χ0n) is 16.5. The fourth-order valence-electron chi connectivity index (χ4n) is 3.52. The number of carbonyl (C=O) groups excluding carboxylic acids is 1. The molecule has 2 aliphatic rings. The van der Waals surface area contributed by atoms with Crippen molar-refractivity contribution in [1.29, 1.82) is 0 Å². The minimum absolute atomic E-state index is 0.0215. The number of ether oxygens (including phenoxy) is 3. The molecule has 2 saturated heterocycles. The Kier molecular flexibility index (Phi) is 7.23. The van der Waals surface area contributed by atoms with Crippen LogP contribution >= 0.6 is 0 Å². The zero-order valence-corrected chi connectivity index (χ0v) is 16.5. The van der Waals surface area contributed by atoms with E-state index in [1.54, 1.807) is 0 Å². The maximum atomic E-state index is 12.0. The Morgan fingerprint density at radius 3 is 2.48 bits per heavy atom. The third-order valence-corrected chi connectivity index (χ3v) is 5.14. The first-order chi connectivity index (χ1) is 14.6. The van der Waals surface area contributed by atoms with E-state index in [4.69, 9.17) is 19.9 Å². The molecule has 3 heterocycles. The number of hydrogen-bond donors (Lipinski definition) is 7. The van der Waals surface area contributed by atoms with E-state index in [9.17, 15) is 35.1 Å². The lowest BCUT2D eigenvalue weighted by molar-refractivity contribution is -0.276. The first kappa shape index (κ1) is 23.5. The molecule has 31 heavy (non-hydrogen) atoms. The number of aromatic nitrogens is 2. The highest BCUT2D eigenvalue weighted by molar-refractivity contribution is 5.73. The van der Waals surface area contributed by atoms with Gasteiger partial charge in [0.2, 0.25) is 5.91 Å². The molecule has 2 fully saturated rings. The molecule has 1 amide bonds. The summed E-state index contributed by atoms with van der Waals surface area (Å²) < 4.78 is 17.5. The van der Waals surface area contributed by atoms with Gasteiger partial charge in [0.05, 0.1) is 13.2 Å². The number of nitrogens with zero attached hydrogens (tertiary/aromatic N) is 2. The van der Waals surface area contributed by atoms with Crippen LogP contribution in [0, 0.1) is 0 Å². The maximum Gasteiger partial charge on any atom is 0.351 e. The molecule has 0 aromatic carbocycles. The largest absolute Gasteiger partial charge is 0.394 e. The lowest BCUT2D eigenvalue weighted by Crippen LogP contribution is -2.64. The molecule has 8 N–H and O–H groups in total. The lowest BCUT2D eigenvalue weighted by atomic mass is 9.97.